The fraction of sp³-hybridized carbons (Fsp3) is 0.300. The quantitative estimate of drug-likeness (QED) is 0.545. The van der Waals surface area contributed by atoms with Crippen LogP contribution in [0.25, 0.3) is 0 Å². The maximum absolute atomic E-state index is 12.1. The Bertz CT molecular complexity index is 961. The molecule has 146 valence electrons. The van der Waals surface area contributed by atoms with Crippen LogP contribution in [0.15, 0.2) is 40.2 Å². The van der Waals surface area contributed by atoms with E-state index in [1.165, 1.54) is 13.0 Å². The van der Waals surface area contributed by atoms with Gasteiger partial charge in [0.05, 0.1) is 16.3 Å². The molecule has 0 spiro atoms. The summed E-state index contributed by atoms with van der Waals surface area (Å²) in [6.45, 7) is 5.46. The molecule has 0 aliphatic carbocycles. The molecule has 0 unspecified atom stereocenters. The minimum atomic E-state index is -0.953. The monoisotopic (exact) mass is 399 g/mol. The standard InChI is InChI=1S/C20H21N3O4S/c1-12-4-6-15(7-5-12)10-22-19(26)14(3)27-18(25)11-28-20-16(9-21)13(2)8-17(24)23-20/h4-8,14H,10-11H2,1-3H3,(H,22,26)(H,23,24)/t14-/m1/s1. The number of nitrogens with one attached hydrogen (secondary N) is 2. The van der Waals surface area contributed by atoms with E-state index in [9.17, 15) is 19.6 Å². The van der Waals surface area contributed by atoms with Crippen molar-refractivity contribution in [3.63, 3.8) is 0 Å². The highest BCUT2D eigenvalue weighted by Crippen LogP contribution is 2.21. The zero-order valence-corrected chi connectivity index (χ0v) is 16.7. The summed E-state index contributed by atoms with van der Waals surface area (Å²) >= 11 is 0.989. The van der Waals surface area contributed by atoms with Gasteiger partial charge in [0.2, 0.25) is 5.56 Å². The summed E-state index contributed by atoms with van der Waals surface area (Å²) in [5.74, 6) is -1.15. The number of nitriles is 1. The predicted octanol–water partition coefficient (Wildman–Crippen LogP) is 2.20. The van der Waals surface area contributed by atoms with Crippen LogP contribution in [0.1, 0.15) is 29.2 Å². The smallest absolute Gasteiger partial charge is 0.317 e. The molecule has 0 saturated carbocycles. The number of benzene rings is 1. The number of carbonyl (C=O) groups is 2. The maximum atomic E-state index is 12.1. The van der Waals surface area contributed by atoms with Crippen molar-refractivity contribution in [1.29, 1.82) is 5.26 Å². The molecule has 0 fully saturated rings. The van der Waals surface area contributed by atoms with Crippen LogP contribution in [0.3, 0.4) is 0 Å². The first-order valence-electron chi connectivity index (χ1n) is 8.59. The number of carbonyl (C=O) groups excluding carboxylic acids is 2. The van der Waals surface area contributed by atoms with E-state index in [4.69, 9.17) is 4.74 Å². The van der Waals surface area contributed by atoms with E-state index in [0.29, 0.717) is 22.7 Å². The molecule has 1 atom stereocenters. The van der Waals surface area contributed by atoms with Crippen LogP contribution in [0, 0.1) is 25.2 Å². The second kappa shape index (κ2) is 9.76. The highest BCUT2D eigenvalue weighted by atomic mass is 32.2. The average Bonchev–Trinajstić information content (AvgIpc) is 2.65. The Kier molecular flexibility index (Phi) is 7.41. The summed E-state index contributed by atoms with van der Waals surface area (Å²) in [4.78, 5) is 38.2. The molecular formula is C20H21N3O4S. The predicted molar refractivity (Wildman–Crippen MR) is 106 cm³/mol. The second-order valence-corrected chi connectivity index (χ2v) is 7.24. The molecule has 2 N–H and O–H groups in total. The molecule has 1 aromatic heterocycles. The van der Waals surface area contributed by atoms with Crippen molar-refractivity contribution in [3.8, 4) is 6.07 Å². The van der Waals surface area contributed by atoms with E-state index in [1.54, 1.807) is 6.92 Å². The van der Waals surface area contributed by atoms with E-state index in [-0.39, 0.29) is 11.3 Å². The first-order chi connectivity index (χ1) is 13.3. The Morgan fingerprint density at radius 1 is 1.29 bits per heavy atom. The van der Waals surface area contributed by atoms with E-state index in [1.807, 2.05) is 37.3 Å². The molecule has 0 radical (unpaired) electrons. The molecule has 2 aromatic rings. The van der Waals surface area contributed by atoms with E-state index >= 15 is 0 Å². The van der Waals surface area contributed by atoms with Crippen molar-refractivity contribution < 1.29 is 14.3 Å². The molecule has 7 nitrogen and oxygen atoms in total. The van der Waals surface area contributed by atoms with Gasteiger partial charge in [0.25, 0.3) is 5.91 Å². The molecule has 0 bridgehead atoms. The van der Waals surface area contributed by atoms with Gasteiger partial charge in [-0.05, 0) is 31.9 Å². The number of thioether (sulfide) groups is 1. The number of esters is 1. The summed E-state index contributed by atoms with van der Waals surface area (Å²) < 4.78 is 5.13. The Morgan fingerprint density at radius 3 is 2.61 bits per heavy atom. The van der Waals surface area contributed by atoms with Gasteiger partial charge in [-0.15, -0.1) is 0 Å². The van der Waals surface area contributed by atoms with Crippen LogP contribution < -0.4 is 10.9 Å². The molecule has 8 heteroatoms. The Hall–Kier alpha value is -3.05. The van der Waals surface area contributed by atoms with Crippen molar-refractivity contribution in [2.45, 2.75) is 38.4 Å². The van der Waals surface area contributed by atoms with Gasteiger partial charge in [0.15, 0.2) is 6.10 Å². The SMILES string of the molecule is Cc1ccc(CNC(=O)[C@@H](C)OC(=O)CSc2[nH]c(=O)cc(C)c2C#N)cc1. The largest absolute Gasteiger partial charge is 0.452 e. The fourth-order valence-corrected chi connectivity index (χ4v) is 3.21. The van der Waals surface area contributed by atoms with Crippen LogP contribution in [0.4, 0.5) is 0 Å². The minimum Gasteiger partial charge on any atom is -0.452 e. The van der Waals surface area contributed by atoms with Crippen molar-refractivity contribution in [2.24, 2.45) is 0 Å². The van der Waals surface area contributed by atoms with E-state index in [2.05, 4.69) is 10.3 Å². The summed E-state index contributed by atoms with van der Waals surface area (Å²) in [5, 5.41) is 12.2. The first kappa shape index (κ1) is 21.3. The molecule has 28 heavy (non-hydrogen) atoms. The maximum Gasteiger partial charge on any atom is 0.317 e. The van der Waals surface area contributed by atoms with Crippen molar-refractivity contribution >= 4 is 23.6 Å². The average molecular weight is 399 g/mol. The number of nitrogens with zero attached hydrogens (tertiary/aromatic N) is 1. The lowest BCUT2D eigenvalue weighted by Gasteiger charge is -2.14. The summed E-state index contributed by atoms with van der Waals surface area (Å²) in [5.41, 5.74) is 2.56. The number of aryl methyl sites for hydroxylation is 2. The van der Waals surface area contributed by atoms with Gasteiger partial charge in [0, 0.05) is 12.6 Å². The number of rotatable bonds is 7. The lowest BCUT2D eigenvalue weighted by molar-refractivity contribution is -0.152. The van der Waals surface area contributed by atoms with Crippen molar-refractivity contribution in [3.05, 3.63) is 62.9 Å². The topological polar surface area (TPSA) is 112 Å². The van der Waals surface area contributed by atoms with E-state index < -0.39 is 18.0 Å². The Morgan fingerprint density at radius 2 is 1.96 bits per heavy atom. The van der Waals surface area contributed by atoms with Crippen LogP contribution >= 0.6 is 11.8 Å². The molecule has 0 aliphatic heterocycles. The fourth-order valence-electron chi connectivity index (χ4n) is 2.36. The molecule has 1 amide bonds. The third-order valence-corrected chi connectivity index (χ3v) is 4.89. The zero-order valence-electron chi connectivity index (χ0n) is 15.9. The number of amides is 1. The van der Waals surface area contributed by atoms with Crippen LogP contribution in [0.5, 0.6) is 0 Å². The third kappa shape index (κ3) is 5.99. The van der Waals surface area contributed by atoms with Crippen LogP contribution in [-0.2, 0) is 20.9 Å². The van der Waals surface area contributed by atoms with Crippen LogP contribution in [-0.4, -0.2) is 28.7 Å². The summed E-state index contributed by atoms with van der Waals surface area (Å²) in [7, 11) is 0. The third-order valence-electron chi connectivity index (χ3n) is 3.92. The number of hydrogen-bond acceptors (Lipinski definition) is 6. The van der Waals surface area contributed by atoms with Gasteiger partial charge in [0.1, 0.15) is 6.07 Å². The highest BCUT2D eigenvalue weighted by Gasteiger charge is 2.18. The van der Waals surface area contributed by atoms with E-state index in [0.717, 1.165) is 22.9 Å². The molecule has 0 aliphatic rings. The number of ether oxygens (including phenoxy) is 1. The van der Waals surface area contributed by atoms with Gasteiger partial charge < -0.3 is 15.0 Å². The lowest BCUT2D eigenvalue weighted by atomic mass is 10.1. The lowest BCUT2D eigenvalue weighted by Crippen LogP contribution is -2.35. The molecule has 1 aromatic carbocycles. The normalized spacial score (nSPS) is 11.4. The molecular weight excluding hydrogens is 378 g/mol. The van der Waals surface area contributed by atoms with Gasteiger partial charge in [-0.2, -0.15) is 5.26 Å². The Labute approximate surface area is 167 Å². The van der Waals surface area contributed by atoms with Gasteiger partial charge in [-0.25, -0.2) is 0 Å². The first-order valence-corrected chi connectivity index (χ1v) is 9.58. The van der Waals surface area contributed by atoms with Crippen molar-refractivity contribution in [2.75, 3.05) is 5.75 Å². The molecule has 2 rings (SSSR count). The van der Waals surface area contributed by atoms with Crippen molar-refractivity contribution in [1.82, 2.24) is 10.3 Å². The number of aromatic amines is 1. The highest BCUT2D eigenvalue weighted by molar-refractivity contribution is 7.99. The Balaban J connectivity index is 1.85. The molecule has 0 saturated heterocycles. The number of hydrogen-bond donors (Lipinski definition) is 2. The number of aromatic nitrogens is 1. The van der Waals surface area contributed by atoms with Gasteiger partial charge in [-0.1, -0.05) is 41.6 Å². The van der Waals surface area contributed by atoms with Crippen LogP contribution in [0.2, 0.25) is 0 Å². The van der Waals surface area contributed by atoms with Gasteiger partial charge in [-0.3, -0.25) is 14.4 Å². The minimum absolute atomic E-state index is 0.135. The number of pyridine rings is 1. The zero-order chi connectivity index (χ0) is 20.7. The summed E-state index contributed by atoms with van der Waals surface area (Å²) in [6.07, 6.45) is -0.953. The second-order valence-electron chi connectivity index (χ2n) is 6.26. The number of H-pyrrole nitrogens is 1. The molecule has 1 heterocycles. The summed E-state index contributed by atoms with van der Waals surface area (Å²) in [6, 6.07) is 11.1. The van der Waals surface area contributed by atoms with Gasteiger partial charge >= 0.3 is 5.97 Å².